The molecule has 0 radical (unpaired) electrons. The summed E-state index contributed by atoms with van der Waals surface area (Å²) in [4.78, 5) is 27.6. The summed E-state index contributed by atoms with van der Waals surface area (Å²) in [6, 6.07) is 7.92. The van der Waals surface area contributed by atoms with Crippen molar-refractivity contribution in [2.45, 2.75) is 16.2 Å². The molecule has 0 aliphatic carbocycles. The predicted octanol–water partition coefficient (Wildman–Crippen LogP) is 2.98. The molecule has 0 unspecified atom stereocenters. The van der Waals surface area contributed by atoms with Crippen LogP contribution in [0.4, 0.5) is 0 Å². The van der Waals surface area contributed by atoms with E-state index in [2.05, 4.69) is 20.9 Å². The van der Waals surface area contributed by atoms with Gasteiger partial charge in [0.25, 0.3) is 0 Å². The number of halogens is 1. The average molecular weight is 384 g/mol. The SMILES string of the molecule is O=C1OC[C@@H]2Sc3[nH]c(=O)sc3[C@H](c3ccc(Br)cc3)[C@H]12. The lowest BCUT2D eigenvalue weighted by Gasteiger charge is -2.29. The number of aromatic nitrogens is 1. The molecule has 1 aromatic heterocycles. The second-order valence-corrected chi connectivity index (χ2v) is 8.23. The first-order valence-corrected chi connectivity index (χ1v) is 8.94. The predicted molar refractivity (Wildman–Crippen MR) is 85.0 cm³/mol. The smallest absolute Gasteiger partial charge is 0.311 e. The summed E-state index contributed by atoms with van der Waals surface area (Å²) in [5.41, 5.74) is 1.05. The van der Waals surface area contributed by atoms with Gasteiger partial charge in [0.15, 0.2) is 0 Å². The minimum absolute atomic E-state index is 0.0667. The van der Waals surface area contributed by atoms with E-state index in [1.165, 1.54) is 11.3 Å². The Morgan fingerprint density at radius 1 is 1.24 bits per heavy atom. The largest absolute Gasteiger partial charge is 0.464 e. The van der Waals surface area contributed by atoms with Crippen molar-refractivity contribution in [3.63, 3.8) is 0 Å². The number of benzene rings is 1. The zero-order chi connectivity index (χ0) is 14.6. The molecule has 2 aliphatic heterocycles. The summed E-state index contributed by atoms with van der Waals surface area (Å²) in [6.07, 6.45) is 0. The summed E-state index contributed by atoms with van der Waals surface area (Å²) in [7, 11) is 0. The molecule has 108 valence electrons. The number of carbonyl (C=O) groups excluding carboxylic acids is 1. The molecule has 1 aromatic carbocycles. The molecular weight excluding hydrogens is 374 g/mol. The molecule has 2 aliphatic rings. The summed E-state index contributed by atoms with van der Waals surface area (Å²) in [5.74, 6) is -0.472. The van der Waals surface area contributed by atoms with Gasteiger partial charge in [0.2, 0.25) is 0 Å². The van der Waals surface area contributed by atoms with E-state index in [0.717, 1.165) is 19.9 Å². The molecule has 0 amide bonds. The van der Waals surface area contributed by atoms with E-state index in [1.807, 2.05) is 24.3 Å². The zero-order valence-electron chi connectivity index (χ0n) is 10.7. The molecule has 1 fully saturated rings. The van der Waals surface area contributed by atoms with Crippen LogP contribution in [0.15, 0.2) is 38.6 Å². The molecule has 0 saturated carbocycles. The van der Waals surface area contributed by atoms with Crippen LogP contribution in [0, 0.1) is 5.92 Å². The third-order valence-electron chi connectivity index (χ3n) is 3.84. The number of rotatable bonds is 1. The molecule has 0 spiro atoms. The highest BCUT2D eigenvalue weighted by molar-refractivity contribution is 9.10. The molecule has 4 rings (SSSR count). The van der Waals surface area contributed by atoms with Gasteiger partial charge in [0, 0.05) is 15.3 Å². The van der Waals surface area contributed by atoms with Crippen molar-refractivity contribution in [3.8, 4) is 0 Å². The van der Waals surface area contributed by atoms with Crippen LogP contribution < -0.4 is 4.87 Å². The summed E-state index contributed by atoms with van der Waals surface area (Å²) < 4.78 is 6.24. The van der Waals surface area contributed by atoms with Crippen molar-refractivity contribution in [3.05, 3.63) is 48.8 Å². The fourth-order valence-corrected chi connectivity index (χ4v) is 5.69. The van der Waals surface area contributed by atoms with Crippen molar-refractivity contribution in [1.82, 2.24) is 4.98 Å². The fourth-order valence-electron chi connectivity index (χ4n) is 2.94. The summed E-state index contributed by atoms with van der Waals surface area (Å²) in [6.45, 7) is 0.415. The molecule has 3 heterocycles. The van der Waals surface area contributed by atoms with Crippen LogP contribution in [-0.4, -0.2) is 22.8 Å². The van der Waals surface area contributed by atoms with E-state index in [0.29, 0.717) is 6.61 Å². The van der Waals surface area contributed by atoms with Crippen LogP contribution in [0.3, 0.4) is 0 Å². The highest BCUT2D eigenvalue weighted by Crippen LogP contribution is 2.51. The second-order valence-electron chi connectivity index (χ2n) is 5.05. The van der Waals surface area contributed by atoms with E-state index < -0.39 is 0 Å². The third kappa shape index (κ3) is 2.18. The molecule has 21 heavy (non-hydrogen) atoms. The monoisotopic (exact) mass is 383 g/mol. The van der Waals surface area contributed by atoms with Crippen molar-refractivity contribution < 1.29 is 9.53 Å². The number of esters is 1. The number of cyclic esters (lactones) is 1. The summed E-state index contributed by atoms with van der Waals surface area (Å²) in [5, 5.41) is 0.960. The Bertz CT molecular complexity index is 767. The number of aromatic amines is 1. The number of fused-ring (bicyclic) bond motifs is 2. The first-order valence-electron chi connectivity index (χ1n) is 6.45. The average Bonchev–Trinajstić information content (AvgIpc) is 3.00. The Labute approximate surface area is 137 Å². The molecule has 2 aromatic rings. The third-order valence-corrected chi connectivity index (χ3v) is 6.76. The fraction of sp³-hybridized carbons (Fsp3) is 0.286. The second kappa shape index (κ2) is 5.00. The Morgan fingerprint density at radius 3 is 2.76 bits per heavy atom. The lowest BCUT2D eigenvalue weighted by Crippen LogP contribution is -2.29. The normalized spacial score (nSPS) is 27.1. The van der Waals surface area contributed by atoms with Crippen LogP contribution in [0.1, 0.15) is 16.4 Å². The van der Waals surface area contributed by atoms with Gasteiger partial charge in [-0.25, -0.2) is 0 Å². The maximum absolute atomic E-state index is 12.1. The van der Waals surface area contributed by atoms with Crippen LogP contribution >= 0.6 is 39.0 Å². The number of thiazole rings is 1. The van der Waals surface area contributed by atoms with Crippen LogP contribution in [-0.2, 0) is 9.53 Å². The number of H-pyrrole nitrogens is 1. The topological polar surface area (TPSA) is 59.2 Å². The molecular formula is C14H10BrNO3S2. The highest BCUT2D eigenvalue weighted by atomic mass is 79.9. The maximum Gasteiger partial charge on any atom is 0.311 e. The number of thioether (sulfide) groups is 1. The summed E-state index contributed by atoms with van der Waals surface area (Å²) >= 11 is 6.17. The van der Waals surface area contributed by atoms with Gasteiger partial charge in [-0.2, -0.15) is 0 Å². The van der Waals surface area contributed by atoms with Gasteiger partial charge < -0.3 is 9.72 Å². The van der Waals surface area contributed by atoms with Gasteiger partial charge >= 0.3 is 10.8 Å². The van der Waals surface area contributed by atoms with E-state index in [1.54, 1.807) is 11.8 Å². The Hall–Kier alpha value is -1.05. The molecule has 4 nitrogen and oxygen atoms in total. The quantitative estimate of drug-likeness (QED) is 0.769. The Kier molecular flexibility index (Phi) is 3.24. The maximum atomic E-state index is 12.1. The standard InChI is InChI=1S/C14H10BrNO3S2/c15-7-3-1-6(2-4-7)9-10-8(5-19-13(10)17)20-12-11(9)21-14(18)16-12/h1-4,8-10H,5H2,(H,16,18)/t8-,9+,10+/m0/s1. The van der Waals surface area contributed by atoms with E-state index in [-0.39, 0.29) is 27.9 Å². The van der Waals surface area contributed by atoms with Gasteiger partial charge in [-0.15, -0.1) is 0 Å². The molecule has 1 saturated heterocycles. The first-order chi connectivity index (χ1) is 10.1. The minimum atomic E-state index is -0.213. The van der Waals surface area contributed by atoms with Crippen LogP contribution in [0.2, 0.25) is 0 Å². The number of hydrogen-bond acceptors (Lipinski definition) is 5. The number of ether oxygens (including phenoxy) is 1. The van der Waals surface area contributed by atoms with Crippen LogP contribution in [0.5, 0.6) is 0 Å². The van der Waals surface area contributed by atoms with E-state index in [4.69, 9.17) is 4.74 Å². The Balaban J connectivity index is 1.89. The van der Waals surface area contributed by atoms with Gasteiger partial charge in [-0.1, -0.05) is 51.2 Å². The molecule has 3 atom stereocenters. The van der Waals surface area contributed by atoms with Gasteiger partial charge in [0.05, 0.1) is 16.2 Å². The van der Waals surface area contributed by atoms with E-state index in [9.17, 15) is 9.59 Å². The van der Waals surface area contributed by atoms with Crippen molar-refractivity contribution in [1.29, 1.82) is 0 Å². The molecule has 1 N–H and O–H groups in total. The van der Waals surface area contributed by atoms with Gasteiger partial charge in [-0.3, -0.25) is 9.59 Å². The van der Waals surface area contributed by atoms with Gasteiger partial charge in [-0.05, 0) is 17.7 Å². The van der Waals surface area contributed by atoms with Crippen molar-refractivity contribution in [2.75, 3.05) is 6.61 Å². The number of hydrogen-bond donors (Lipinski definition) is 1. The lowest BCUT2D eigenvalue weighted by molar-refractivity contribution is -0.141. The van der Waals surface area contributed by atoms with Crippen molar-refractivity contribution in [2.24, 2.45) is 5.92 Å². The minimum Gasteiger partial charge on any atom is -0.464 e. The van der Waals surface area contributed by atoms with Crippen molar-refractivity contribution >= 4 is 45.0 Å². The number of carbonyl (C=O) groups is 1. The lowest BCUT2D eigenvalue weighted by atomic mass is 9.83. The molecule has 7 heteroatoms. The van der Waals surface area contributed by atoms with E-state index >= 15 is 0 Å². The van der Waals surface area contributed by atoms with Crippen LogP contribution in [0.25, 0.3) is 0 Å². The molecule has 0 bridgehead atoms. The highest BCUT2D eigenvalue weighted by Gasteiger charge is 2.49. The zero-order valence-corrected chi connectivity index (χ0v) is 13.9. The van der Waals surface area contributed by atoms with Gasteiger partial charge in [0.1, 0.15) is 6.61 Å². The Morgan fingerprint density at radius 2 is 2.00 bits per heavy atom. The number of nitrogens with one attached hydrogen (secondary N) is 1. The first kappa shape index (κ1) is 13.6.